The molecular weight excluding hydrogens is 284 g/mol. The van der Waals surface area contributed by atoms with Crippen LogP contribution >= 0.6 is 0 Å². The van der Waals surface area contributed by atoms with Crippen LogP contribution in [0.25, 0.3) is 0 Å². The summed E-state index contributed by atoms with van der Waals surface area (Å²) >= 11 is 0. The Kier molecular flexibility index (Phi) is 7.44. The van der Waals surface area contributed by atoms with E-state index in [1.165, 1.54) is 4.31 Å². The van der Waals surface area contributed by atoms with Crippen LogP contribution in [0.3, 0.4) is 0 Å². The van der Waals surface area contributed by atoms with Crippen LogP contribution in [0, 0.1) is 12.3 Å². The van der Waals surface area contributed by atoms with Crippen LogP contribution in [0.5, 0.6) is 0 Å². The predicted octanol–water partition coefficient (Wildman–Crippen LogP) is 1.87. The fraction of sp³-hybridized carbons (Fsp3) is 0.500. The van der Waals surface area contributed by atoms with Gasteiger partial charge < -0.3 is 5.32 Å². The highest BCUT2D eigenvalue weighted by atomic mass is 32.2. The van der Waals surface area contributed by atoms with Crippen LogP contribution in [-0.4, -0.2) is 39.4 Å². The first-order valence-corrected chi connectivity index (χ1v) is 8.67. The molecule has 0 fully saturated rings. The minimum absolute atomic E-state index is 0.111. The van der Waals surface area contributed by atoms with Crippen LogP contribution in [-0.2, 0) is 16.4 Å². The molecule has 1 aromatic rings. The number of sulfonamides is 1. The van der Waals surface area contributed by atoms with Crippen molar-refractivity contribution in [3.63, 3.8) is 0 Å². The van der Waals surface area contributed by atoms with E-state index in [1.807, 2.05) is 26.1 Å². The molecule has 4 nitrogen and oxygen atoms in total. The molecule has 0 aliphatic rings. The Labute approximate surface area is 128 Å². The first kappa shape index (κ1) is 17.7. The maximum absolute atomic E-state index is 12.5. The van der Waals surface area contributed by atoms with Gasteiger partial charge in [-0.05, 0) is 50.6 Å². The molecule has 0 heterocycles. The van der Waals surface area contributed by atoms with Crippen molar-refractivity contribution in [2.24, 2.45) is 0 Å². The van der Waals surface area contributed by atoms with Crippen molar-refractivity contribution in [1.82, 2.24) is 9.62 Å². The molecule has 0 spiro atoms. The molecule has 0 aliphatic carbocycles. The Morgan fingerprint density at radius 1 is 1.29 bits per heavy atom. The molecule has 0 amide bonds. The number of hydrogen-bond donors (Lipinski definition) is 1. The van der Waals surface area contributed by atoms with Crippen LogP contribution in [0.1, 0.15) is 25.3 Å². The number of nitrogens with zero attached hydrogens (tertiary/aromatic N) is 1. The Balaban J connectivity index is 2.85. The summed E-state index contributed by atoms with van der Waals surface area (Å²) in [5.74, 6) is 2.41. The van der Waals surface area contributed by atoms with Gasteiger partial charge in [0.2, 0.25) is 10.0 Å². The lowest BCUT2D eigenvalue weighted by Crippen LogP contribution is -2.32. The second kappa shape index (κ2) is 8.83. The molecule has 0 aliphatic heterocycles. The normalized spacial score (nSPS) is 11.5. The monoisotopic (exact) mass is 308 g/mol. The first-order valence-electron chi connectivity index (χ1n) is 7.23. The van der Waals surface area contributed by atoms with Gasteiger partial charge in [-0.2, -0.15) is 4.31 Å². The molecular formula is C16H24N2O2S. The minimum Gasteiger partial charge on any atom is -0.320 e. The predicted molar refractivity (Wildman–Crippen MR) is 86.6 cm³/mol. The van der Waals surface area contributed by atoms with Crippen molar-refractivity contribution in [1.29, 1.82) is 0 Å². The summed E-state index contributed by atoms with van der Waals surface area (Å²) in [5, 5.41) is 3.10. The van der Waals surface area contributed by atoms with Crippen molar-refractivity contribution in [3.05, 3.63) is 29.8 Å². The molecule has 0 saturated carbocycles. The van der Waals surface area contributed by atoms with E-state index in [0.717, 1.165) is 31.4 Å². The molecule has 1 aromatic carbocycles. The average Bonchev–Trinajstić information content (AvgIpc) is 2.48. The Morgan fingerprint density at radius 2 is 1.95 bits per heavy atom. The summed E-state index contributed by atoms with van der Waals surface area (Å²) in [6.07, 6.45) is 7.97. The summed E-state index contributed by atoms with van der Waals surface area (Å²) in [7, 11) is -1.57. The number of hydrogen-bond acceptors (Lipinski definition) is 3. The first-order chi connectivity index (χ1) is 10.1. The molecule has 1 rings (SSSR count). The van der Waals surface area contributed by atoms with E-state index in [9.17, 15) is 8.42 Å². The van der Waals surface area contributed by atoms with Gasteiger partial charge in [0.1, 0.15) is 0 Å². The van der Waals surface area contributed by atoms with Gasteiger partial charge in [0, 0.05) is 6.54 Å². The molecule has 0 saturated heterocycles. The van der Waals surface area contributed by atoms with Crippen LogP contribution in [0.4, 0.5) is 0 Å². The number of aryl methyl sites for hydroxylation is 1. The van der Waals surface area contributed by atoms with Gasteiger partial charge in [0.25, 0.3) is 0 Å². The molecule has 1 N–H and O–H groups in total. The molecule has 0 aromatic heterocycles. The SMILES string of the molecule is C#CCN(CCC)S(=O)(=O)c1ccc(CCCNC)cc1. The van der Waals surface area contributed by atoms with Gasteiger partial charge in [-0.25, -0.2) is 8.42 Å². The Hall–Kier alpha value is -1.35. The molecule has 116 valence electrons. The second-order valence-corrected chi connectivity index (χ2v) is 6.83. The van der Waals surface area contributed by atoms with Gasteiger partial charge >= 0.3 is 0 Å². The highest BCUT2D eigenvalue weighted by molar-refractivity contribution is 7.89. The highest BCUT2D eigenvalue weighted by Crippen LogP contribution is 2.17. The molecule has 0 atom stereocenters. The summed E-state index contributed by atoms with van der Waals surface area (Å²) in [4.78, 5) is 0.309. The fourth-order valence-corrected chi connectivity index (χ4v) is 3.53. The van der Waals surface area contributed by atoms with Crippen molar-refractivity contribution in [2.75, 3.05) is 26.7 Å². The smallest absolute Gasteiger partial charge is 0.243 e. The zero-order valence-corrected chi connectivity index (χ0v) is 13.6. The molecule has 0 radical (unpaired) electrons. The lowest BCUT2D eigenvalue weighted by molar-refractivity contribution is 0.445. The molecule has 0 bridgehead atoms. The van der Waals surface area contributed by atoms with E-state index in [-0.39, 0.29) is 6.54 Å². The lowest BCUT2D eigenvalue weighted by atomic mass is 10.1. The Bertz CT molecular complexity index is 559. The summed E-state index contributed by atoms with van der Waals surface area (Å²) in [6, 6.07) is 7.09. The van der Waals surface area contributed by atoms with Gasteiger partial charge in [0.05, 0.1) is 11.4 Å². The maximum atomic E-state index is 12.5. The number of nitrogens with one attached hydrogen (secondary N) is 1. The topological polar surface area (TPSA) is 49.4 Å². The summed E-state index contributed by atoms with van der Waals surface area (Å²) in [5.41, 5.74) is 1.14. The van der Waals surface area contributed by atoms with E-state index in [4.69, 9.17) is 6.42 Å². The molecule has 0 unspecified atom stereocenters. The maximum Gasteiger partial charge on any atom is 0.243 e. The fourth-order valence-electron chi connectivity index (χ4n) is 2.08. The lowest BCUT2D eigenvalue weighted by Gasteiger charge is -2.19. The van der Waals surface area contributed by atoms with Crippen molar-refractivity contribution < 1.29 is 8.42 Å². The van der Waals surface area contributed by atoms with Gasteiger partial charge in [0.15, 0.2) is 0 Å². The zero-order valence-electron chi connectivity index (χ0n) is 12.8. The standard InChI is InChI=1S/C16H24N2O2S/c1-4-13-18(14-5-2)21(19,20)16-10-8-15(9-11-16)7-6-12-17-3/h1,8-11,17H,5-7,12-14H2,2-3H3. The molecule has 21 heavy (non-hydrogen) atoms. The number of rotatable bonds is 9. The van der Waals surface area contributed by atoms with Crippen LogP contribution in [0.15, 0.2) is 29.2 Å². The largest absolute Gasteiger partial charge is 0.320 e. The second-order valence-electron chi connectivity index (χ2n) is 4.89. The summed E-state index contributed by atoms with van der Waals surface area (Å²) < 4.78 is 26.4. The number of terminal acetylenes is 1. The van der Waals surface area contributed by atoms with Gasteiger partial charge in [-0.3, -0.25) is 0 Å². The van der Waals surface area contributed by atoms with E-state index >= 15 is 0 Å². The van der Waals surface area contributed by atoms with Gasteiger partial charge in [-0.1, -0.05) is 25.0 Å². The molecule has 5 heteroatoms. The van der Waals surface area contributed by atoms with E-state index in [1.54, 1.807) is 12.1 Å². The third-order valence-corrected chi connectivity index (χ3v) is 5.05. The van der Waals surface area contributed by atoms with Gasteiger partial charge in [-0.15, -0.1) is 6.42 Å². The highest BCUT2D eigenvalue weighted by Gasteiger charge is 2.22. The summed E-state index contributed by atoms with van der Waals surface area (Å²) in [6.45, 7) is 3.44. The van der Waals surface area contributed by atoms with E-state index in [0.29, 0.717) is 11.4 Å². The Morgan fingerprint density at radius 3 is 2.48 bits per heavy atom. The minimum atomic E-state index is -3.49. The van der Waals surface area contributed by atoms with Crippen LogP contribution < -0.4 is 5.32 Å². The van der Waals surface area contributed by atoms with Crippen molar-refractivity contribution in [3.8, 4) is 12.3 Å². The van der Waals surface area contributed by atoms with Crippen molar-refractivity contribution in [2.45, 2.75) is 31.1 Å². The van der Waals surface area contributed by atoms with E-state index < -0.39 is 10.0 Å². The van der Waals surface area contributed by atoms with E-state index in [2.05, 4.69) is 11.2 Å². The third-order valence-electron chi connectivity index (χ3n) is 3.19. The third kappa shape index (κ3) is 5.16. The quantitative estimate of drug-likeness (QED) is 0.560. The van der Waals surface area contributed by atoms with Crippen LogP contribution in [0.2, 0.25) is 0 Å². The average molecular weight is 308 g/mol. The zero-order chi connectivity index (χ0) is 15.7. The van der Waals surface area contributed by atoms with Crippen molar-refractivity contribution >= 4 is 10.0 Å². The number of benzene rings is 1.